The zero-order valence-electron chi connectivity index (χ0n) is 22.1. The second kappa shape index (κ2) is 14.5. The molecule has 1 aliphatic heterocycles. The third kappa shape index (κ3) is 7.99. The second-order valence-electron chi connectivity index (χ2n) is 9.15. The van der Waals surface area contributed by atoms with Gasteiger partial charge in [-0.05, 0) is 47.6 Å². The van der Waals surface area contributed by atoms with Gasteiger partial charge in [0.25, 0.3) is 0 Å². The molecular weight excluding hydrogens is 589 g/mol. The molecule has 0 unspecified atom stereocenters. The predicted octanol–water partition coefficient (Wildman–Crippen LogP) is 5.31. The van der Waals surface area contributed by atoms with Crippen LogP contribution in [0.4, 0.5) is 11.4 Å². The molecule has 40 heavy (non-hydrogen) atoms. The number of rotatable bonds is 10. The Morgan fingerprint density at radius 1 is 0.750 bits per heavy atom. The Morgan fingerprint density at radius 3 is 1.93 bits per heavy atom. The molecule has 0 spiro atoms. The van der Waals surface area contributed by atoms with Crippen molar-refractivity contribution >= 4 is 62.2 Å². The topological polar surface area (TPSA) is 60.4 Å². The Hall–Kier alpha value is -1.68. The van der Waals surface area contributed by atoms with Gasteiger partial charge in [-0.25, -0.2) is 8.42 Å². The summed E-state index contributed by atoms with van der Waals surface area (Å²) in [6, 6.07) is 35.1. The molecule has 4 aromatic rings. The van der Waals surface area contributed by atoms with Crippen LogP contribution in [0.2, 0.25) is 5.02 Å². The van der Waals surface area contributed by atoms with E-state index in [0.29, 0.717) is 17.2 Å². The van der Waals surface area contributed by atoms with Crippen LogP contribution < -0.4 is 34.5 Å². The van der Waals surface area contributed by atoms with E-state index in [1.165, 1.54) is 5.56 Å². The molecule has 0 bridgehead atoms. The van der Waals surface area contributed by atoms with E-state index < -0.39 is 10.1 Å². The molecule has 9 heteroatoms. The van der Waals surface area contributed by atoms with Gasteiger partial charge in [-0.1, -0.05) is 90.5 Å². The first kappa shape index (κ1) is 31.3. The maximum absolute atomic E-state index is 11.2. The Morgan fingerprint density at radius 2 is 1.32 bits per heavy atom. The van der Waals surface area contributed by atoms with Crippen molar-refractivity contribution in [2.75, 3.05) is 16.4 Å². The van der Waals surface area contributed by atoms with Crippen LogP contribution in [-0.2, 0) is 22.4 Å². The average molecular weight is 616 g/mol. The van der Waals surface area contributed by atoms with Crippen molar-refractivity contribution in [3.05, 3.63) is 135 Å². The molecule has 4 nitrogen and oxygen atoms in total. The summed E-state index contributed by atoms with van der Waals surface area (Å²) in [7, 11) is -4.25. The zero-order valence-corrected chi connectivity index (χ0v) is 27.3. The number of hydrogen-bond donors (Lipinski definition) is 0. The predicted molar refractivity (Wildman–Crippen MR) is 166 cm³/mol. The minimum atomic E-state index is -4.25. The normalized spacial score (nSPS) is 12.3. The van der Waals surface area contributed by atoms with Crippen molar-refractivity contribution in [1.82, 2.24) is 0 Å². The summed E-state index contributed by atoms with van der Waals surface area (Å²) < 4.78 is 34.8. The van der Waals surface area contributed by atoms with Crippen LogP contribution in [0.25, 0.3) is 5.57 Å². The van der Waals surface area contributed by atoms with E-state index >= 15 is 0 Å². The fraction of sp³-hybridized carbons (Fsp3) is 0.161. The number of halogens is 1. The van der Waals surface area contributed by atoms with Crippen LogP contribution in [0.1, 0.15) is 28.7 Å². The summed E-state index contributed by atoms with van der Waals surface area (Å²) in [5.41, 5.74) is 8.03. The largest absolute Gasteiger partial charge is 1.00 e. The molecule has 5 rings (SSSR count). The number of para-hydroxylation sites is 2. The fourth-order valence-electron chi connectivity index (χ4n) is 4.59. The molecule has 0 saturated carbocycles. The molecule has 0 amide bonds. The number of benzene rings is 4. The van der Waals surface area contributed by atoms with Gasteiger partial charge in [0.05, 0.1) is 10.1 Å². The van der Waals surface area contributed by atoms with E-state index in [-0.39, 0.29) is 35.3 Å². The van der Waals surface area contributed by atoms with E-state index in [1.807, 2.05) is 30.3 Å². The molecule has 200 valence electrons. The molecule has 0 aromatic heterocycles. The quantitative estimate of drug-likeness (QED) is 0.137. The molecular formula is C31H27ClNNaO3S3. The smallest absolute Gasteiger partial charge is 0.748 e. The summed E-state index contributed by atoms with van der Waals surface area (Å²) in [5, 5.41) is 0.698. The summed E-state index contributed by atoms with van der Waals surface area (Å²) in [4.78, 5) is 2.36. The van der Waals surface area contributed by atoms with Crippen molar-refractivity contribution in [3.63, 3.8) is 0 Å². The monoisotopic (exact) mass is 615 g/mol. The first-order valence-electron chi connectivity index (χ1n) is 12.6. The minimum Gasteiger partial charge on any atom is -0.748 e. The summed E-state index contributed by atoms with van der Waals surface area (Å²) in [6.45, 7) is 0.740. The van der Waals surface area contributed by atoms with Gasteiger partial charge in [0.1, 0.15) is 0 Å². The van der Waals surface area contributed by atoms with Gasteiger partial charge >= 0.3 is 29.6 Å². The van der Waals surface area contributed by atoms with Crippen LogP contribution in [0, 0.1) is 0 Å². The molecule has 1 aliphatic rings. The van der Waals surface area contributed by atoms with Crippen LogP contribution in [0.5, 0.6) is 0 Å². The zero-order chi connectivity index (χ0) is 27.2. The van der Waals surface area contributed by atoms with Crippen LogP contribution in [-0.4, -0.2) is 24.5 Å². The van der Waals surface area contributed by atoms with E-state index in [0.717, 1.165) is 50.2 Å². The van der Waals surface area contributed by atoms with E-state index in [9.17, 15) is 13.0 Å². The van der Waals surface area contributed by atoms with Crippen molar-refractivity contribution in [1.29, 1.82) is 0 Å². The van der Waals surface area contributed by atoms with Crippen molar-refractivity contribution in [2.24, 2.45) is 0 Å². The summed E-state index contributed by atoms with van der Waals surface area (Å²) in [6.07, 6.45) is 0.304. The summed E-state index contributed by atoms with van der Waals surface area (Å²) in [5.74, 6) is 0.912. The maximum Gasteiger partial charge on any atom is 1.00 e. The number of fused-ring (bicyclic) bond motifs is 2. The third-order valence-electron chi connectivity index (χ3n) is 6.37. The van der Waals surface area contributed by atoms with E-state index in [2.05, 4.69) is 77.7 Å². The molecule has 0 saturated heterocycles. The van der Waals surface area contributed by atoms with Gasteiger partial charge in [0, 0.05) is 55.4 Å². The second-order valence-corrected chi connectivity index (χ2v) is 13.5. The SMILES string of the molecule is O=S(=O)([O-])CCCSC(SCc1ccc(Cl)cc1)=C1c2ccccc2N(Cc2ccccc2)c2ccccc21.[Na+]. The molecule has 0 atom stereocenters. The molecule has 0 radical (unpaired) electrons. The summed E-state index contributed by atoms with van der Waals surface area (Å²) >= 11 is 9.45. The number of thioether (sulfide) groups is 2. The fourth-order valence-corrected chi connectivity index (χ4v) is 7.85. The van der Waals surface area contributed by atoms with Crippen molar-refractivity contribution in [3.8, 4) is 0 Å². The Labute approximate surface area is 272 Å². The third-order valence-corrected chi connectivity index (χ3v) is 10.0. The van der Waals surface area contributed by atoms with Gasteiger partial charge in [-0.3, -0.25) is 0 Å². The standard InChI is InChI=1S/C31H28ClNO3S3.Na/c32-25-17-15-24(16-18-25)22-38-31(37-19-8-20-39(34,35)36)30-26-11-4-6-13-28(26)33(21-23-9-2-1-3-10-23)29-14-7-5-12-27(29)30;/h1-7,9-18H,8,19-22H2,(H,34,35,36);/q;+1/p-1. The number of anilines is 2. The number of hydrogen-bond acceptors (Lipinski definition) is 6. The van der Waals surface area contributed by atoms with E-state index in [4.69, 9.17) is 11.6 Å². The minimum absolute atomic E-state index is 0. The Kier molecular flexibility index (Phi) is 11.3. The van der Waals surface area contributed by atoms with Gasteiger partial charge in [0.2, 0.25) is 0 Å². The molecule has 0 aliphatic carbocycles. The first-order chi connectivity index (χ1) is 18.9. The van der Waals surface area contributed by atoms with Gasteiger partial charge in [-0.15, -0.1) is 23.5 Å². The molecule has 0 fully saturated rings. The van der Waals surface area contributed by atoms with Crippen LogP contribution in [0.3, 0.4) is 0 Å². The van der Waals surface area contributed by atoms with Crippen LogP contribution >= 0.6 is 35.1 Å². The molecule has 0 N–H and O–H groups in total. The van der Waals surface area contributed by atoms with Gasteiger partial charge in [-0.2, -0.15) is 0 Å². The molecule has 4 aromatic carbocycles. The average Bonchev–Trinajstić information content (AvgIpc) is 2.94. The van der Waals surface area contributed by atoms with Crippen molar-refractivity contribution in [2.45, 2.75) is 18.7 Å². The Balaban J connectivity index is 0.00000370. The molecule has 1 heterocycles. The Bertz CT molecular complexity index is 1530. The van der Waals surface area contributed by atoms with Crippen molar-refractivity contribution < 1.29 is 42.5 Å². The first-order valence-corrected chi connectivity index (χ1v) is 16.5. The van der Waals surface area contributed by atoms with E-state index in [1.54, 1.807) is 23.5 Å². The maximum atomic E-state index is 11.2. The van der Waals surface area contributed by atoms with Crippen LogP contribution in [0.15, 0.2) is 107 Å². The van der Waals surface area contributed by atoms with Gasteiger partial charge < -0.3 is 9.45 Å². The number of nitrogens with zero attached hydrogens (tertiary/aromatic N) is 1. The van der Waals surface area contributed by atoms with Gasteiger partial charge in [0.15, 0.2) is 0 Å².